The average molecular weight is 400 g/mol. The molecule has 0 saturated carbocycles. The van der Waals surface area contributed by atoms with Crippen LogP contribution in [-0.4, -0.2) is 54.1 Å². The van der Waals surface area contributed by atoms with E-state index in [9.17, 15) is 9.18 Å². The molecular weight excluding hydrogens is 371 g/mol. The molecule has 1 amide bonds. The summed E-state index contributed by atoms with van der Waals surface area (Å²) in [4.78, 5) is 16.9. The molecule has 156 valence electrons. The first-order valence-corrected chi connectivity index (χ1v) is 10.1. The van der Waals surface area contributed by atoms with Crippen LogP contribution in [0.1, 0.15) is 26.3 Å². The second kappa shape index (κ2) is 9.74. The van der Waals surface area contributed by atoms with Crippen LogP contribution in [0.2, 0.25) is 0 Å². The first kappa shape index (κ1) is 21.1. The van der Waals surface area contributed by atoms with Gasteiger partial charge in [-0.2, -0.15) is 0 Å². The van der Waals surface area contributed by atoms with Crippen LogP contribution in [-0.2, 0) is 11.3 Å². The molecule has 3 rings (SSSR count). The summed E-state index contributed by atoms with van der Waals surface area (Å²) < 4.78 is 24.2. The smallest absolute Gasteiger partial charge is 0.260 e. The maximum atomic E-state index is 13.1. The summed E-state index contributed by atoms with van der Waals surface area (Å²) in [7, 11) is 0. The van der Waals surface area contributed by atoms with Crippen LogP contribution in [0.15, 0.2) is 48.5 Å². The zero-order valence-electron chi connectivity index (χ0n) is 17.3. The van der Waals surface area contributed by atoms with Gasteiger partial charge in [0.25, 0.3) is 5.91 Å². The van der Waals surface area contributed by atoms with Crippen LogP contribution in [0.4, 0.5) is 4.39 Å². The molecule has 5 nitrogen and oxygen atoms in total. The molecular formula is C23H29FN2O3. The number of benzene rings is 2. The minimum absolute atomic E-state index is 0.0142. The van der Waals surface area contributed by atoms with Gasteiger partial charge in [-0.15, -0.1) is 0 Å². The highest BCUT2D eigenvalue weighted by atomic mass is 19.1. The van der Waals surface area contributed by atoms with Gasteiger partial charge in [0.15, 0.2) is 6.61 Å². The van der Waals surface area contributed by atoms with Gasteiger partial charge in [-0.1, -0.05) is 12.1 Å². The Morgan fingerprint density at radius 2 is 1.59 bits per heavy atom. The number of ether oxygens (including phenoxy) is 2. The molecule has 2 unspecified atom stereocenters. The predicted molar refractivity (Wildman–Crippen MR) is 111 cm³/mol. The number of nitrogens with zero attached hydrogens (tertiary/aromatic N) is 2. The molecule has 1 saturated heterocycles. The summed E-state index contributed by atoms with van der Waals surface area (Å²) in [5.41, 5.74) is 1.07. The fraction of sp³-hybridized carbons (Fsp3) is 0.435. The Kier molecular flexibility index (Phi) is 7.09. The molecule has 1 fully saturated rings. The molecule has 6 heteroatoms. The van der Waals surface area contributed by atoms with E-state index >= 15 is 0 Å². The normalized spacial score (nSPS) is 19.8. The third kappa shape index (κ3) is 5.70. The molecule has 2 atom stereocenters. The number of carbonyl (C=O) groups is 1. The molecule has 0 radical (unpaired) electrons. The topological polar surface area (TPSA) is 42.0 Å². The number of hydrogen-bond acceptors (Lipinski definition) is 4. The minimum Gasteiger partial charge on any atom is -0.494 e. The lowest BCUT2D eigenvalue weighted by Gasteiger charge is -2.44. The Morgan fingerprint density at radius 3 is 2.21 bits per heavy atom. The molecule has 0 N–H and O–H groups in total. The third-order valence-electron chi connectivity index (χ3n) is 5.23. The van der Waals surface area contributed by atoms with Crippen molar-refractivity contribution in [2.45, 2.75) is 39.4 Å². The number of piperazine rings is 1. The van der Waals surface area contributed by atoms with Crippen LogP contribution in [0.5, 0.6) is 11.5 Å². The SMILES string of the molecule is CCOc1ccc(OCC(=O)N2CC(C)N(Cc3ccc(F)cc3)CC2C)cc1. The minimum atomic E-state index is -0.224. The number of carbonyl (C=O) groups excluding carboxylic acids is 1. The van der Waals surface area contributed by atoms with Gasteiger partial charge in [0.05, 0.1) is 6.61 Å². The van der Waals surface area contributed by atoms with E-state index < -0.39 is 0 Å². The van der Waals surface area contributed by atoms with E-state index in [-0.39, 0.29) is 30.4 Å². The summed E-state index contributed by atoms with van der Waals surface area (Å²) in [6.07, 6.45) is 0. The highest BCUT2D eigenvalue weighted by Gasteiger charge is 2.32. The first-order chi connectivity index (χ1) is 14.0. The molecule has 0 aliphatic carbocycles. The number of hydrogen-bond donors (Lipinski definition) is 0. The summed E-state index contributed by atoms with van der Waals surface area (Å²) in [6.45, 7) is 8.90. The Labute approximate surface area is 172 Å². The molecule has 1 aliphatic heterocycles. The van der Waals surface area contributed by atoms with Gasteiger partial charge in [0.2, 0.25) is 0 Å². The predicted octanol–water partition coefficient (Wildman–Crippen LogP) is 3.72. The largest absolute Gasteiger partial charge is 0.494 e. The van der Waals surface area contributed by atoms with E-state index in [0.717, 1.165) is 24.4 Å². The number of rotatable bonds is 7. The van der Waals surface area contributed by atoms with Crippen molar-refractivity contribution in [3.05, 3.63) is 59.9 Å². The highest BCUT2D eigenvalue weighted by molar-refractivity contribution is 5.78. The molecule has 0 aromatic heterocycles. The maximum Gasteiger partial charge on any atom is 0.260 e. The van der Waals surface area contributed by atoms with Gasteiger partial charge in [-0.05, 0) is 62.7 Å². The van der Waals surface area contributed by atoms with E-state index in [4.69, 9.17) is 9.47 Å². The summed E-state index contributed by atoms with van der Waals surface area (Å²) in [5.74, 6) is 1.20. The van der Waals surface area contributed by atoms with Gasteiger partial charge in [0.1, 0.15) is 17.3 Å². The summed E-state index contributed by atoms with van der Waals surface area (Å²) in [5, 5.41) is 0. The zero-order chi connectivity index (χ0) is 20.8. The van der Waals surface area contributed by atoms with Crippen molar-refractivity contribution >= 4 is 5.91 Å². The van der Waals surface area contributed by atoms with Crippen molar-refractivity contribution in [1.82, 2.24) is 9.80 Å². The van der Waals surface area contributed by atoms with Crippen molar-refractivity contribution < 1.29 is 18.7 Å². The Bertz CT molecular complexity index is 795. The van der Waals surface area contributed by atoms with Gasteiger partial charge in [-0.3, -0.25) is 9.69 Å². The van der Waals surface area contributed by atoms with E-state index in [2.05, 4.69) is 18.7 Å². The second-order valence-corrected chi connectivity index (χ2v) is 7.49. The highest BCUT2D eigenvalue weighted by Crippen LogP contribution is 2.20. The van der Waals surface area contributed by atoms with Crippen molar-refractivity contribution in [3.8, 4) is 11.5 Å². The van der Waals surface area contributed by atoms with Crippen molar-refractivity contribution in [1.29, 1.82) is 0 Å². The van der Waals surface area contributed by atoms with Gasteiger partial charge in [-0.25, -0.2) is 4.39 Å². The maximum absolute atomic E-state index is 13.1. The molecule has 29 heavy (non-hydrogen) atoms. The average Bonchev–Trinajstić information content (AvgIpc) is 2.71. The van der Waals surface area contributed by atoms with Gasteiger partial charge >= 0.3 is 0 Å². The third-order valence-corrected chi connectivity index (χ3v) is 5.23. The monoisotopic (exact) mass is 400 g/mol. The number of amides is 1. The fourth-order valence-electron chi connectivity index (χ4n) is 3.62. The Morgan fingerprint density at radius 1 is 0.966 bits per heavy atom. The van der Waals surface area contributed by atoms with Crippen LogP contribution in [0, 0.1) is 5.82 Å². The molecule has 2 aromatic carbocycles. The van der Waals surface area contributed by atoms with E-state index in [1.807, 2.05) is 48.2 Å². The van der Waals surface area contributed by atoms with E-state index in [1.54, 1.807) is 0 Å². The van der Waals surface area contributed by atoms with Gasteiger partial charge < -0.3 is 14.4 Å². The molecule has 0 spiro atoms. The lowest BCUT2D eigenvalue weighted by Crippen LogP contribution is -2.58. The second-order valence-electron chi connectivity index (χ2n) is 7.49. The van der Waals surface area contributed by atoms with Gasteiger partial charge in [0, 0.05) is 31.7 Å². The van der Waals surface area contributed by atoms with E-state index in [0.29, 0.717) is 18.9 Å². The standard InChI is InChI=1S/C23H29FN2O3/c1-4-28-21-9-11-22(12-10-21)29-16-23(27)26-14-17(2)25(13-18(26)3)15-19-5-7-20(24)8-6-19/h5-12,17-18H,4,13-16H2,1-3H3. The van der Waals surface area contributed by atoms with Crippen LogP contribution in [0.3, 0.4) is 0 Å². The molecule has 1 aliphatic rings. The quantitative estimate of drug-likeness (QED) is 0.710. The summed E-state index contributed by atoms with van der Waals surface area (Å²) >= 11 is 0. The van der Waals surface area contributed by atoms with Crippen LogP contribution >= 0.6 is 0 Å². The zero-order valence-corrected chi connectivity index (χ0v) is 17.3. The molecule has 0 bridgehead atoms. The molecule has 2 aromatic rings. The lowest BCUT2D eigenvalue weighted by atomic mass is 10.1. The van der Waals surface area contributed by atoms with Crippen molar-refractivity contribution in [2.75, 3.05) is 26.3 Å². The van der Waals surface area contributed by atoms with Crippen LogP contribution < -0.4 is 9.47 Å². The lowest BCUT2D eigenvalue weighted by molar-refractivity contribution is -0.139. The Balaban J connectivity index is 1.52. The number of halogens is 1. The molecule has 1 heterocycles. The fourth-order valence-corrected chi connectivity index (χ4v) is 3.62. The Hall–Kier alpha value is -2.60. The summed E-state index contributed by atoms with van der Waals surface area (Å²) in [6, 6.07) is 14.2. The van der Waals surface area contributed by atoms with Crippen molar-refractivity contribution in [3.63, 3.8) is 0 Å². The first-order valence-electron chi connectivity index (χ1n) is 10.1. The van der Waals surface area contributed by atoms with Crippen molar-refractivity contribution in [2.24, 2.45) is 0 Å². The van der Waals surface area contributed by atoms with Crippen LogP contribution in [0.25, 0.3) is 0 Å². The van der Waals surface area contributed by atoms with E-state index in [1.165, 1.54) is 12.1 Å².